The number of fused-ring (bicyclic) bond motifs is 12. The van der Waals surface area contributed by atoms with Crippen LogP contribution >= 0.6 is 0 Å². The molecule has 4 heterocycles. The maximum Gasteiger partial charge on any atom is 0.235 e. The zero-order valence-electron chi connectivity index (χ0n) is 25.1. The summed E-state index contributed by atoms with van der Waals surface area (Å²) in [6.07, 6.45) is 0. The minimum absolute atomic E-state index is 0.642. The van der Waals surface area contributed by atoms with Gasteiger partial charge in [0, 0.05) is 43.6 Å². The second-order valence-electron chi connectivity index (χ2n) is 12.2. The van der Waals surface area contributed by atoms with E-state index in [0.717, 1.165) is 55.8 Å². The lowest BCUT2D eigenvalue weighted by Gasteiger charge is -2.21. The van der Waals surface area contributed by atoms with Crippen molar-refractivity contribution in [1.29, 1.82) is 0 Å². The molecule has 0 saturated heterocycles. The van der Waals surface area contributed by atoms with Gasteiger partial charge in [-0.2, -0.15) is 0 Å². The molecule has 10 aromatic rings. The first-order valence-corrected chi connectivity index (χ1v) is 15.9. The summed E-state index contributed by atoms with van der Waals surface area (Å²) in [6.45, 7) is 0. The molecular formula is C42H24N4O. The SMILES string of the molecule is c1ccc(-n2c3ccccc3c3c4c5ccccc5n(-c5nc6c7c(cccc7n5)Oc5ccccc5-6)c4c4ccccc4c32)cc1. The monoisotopic (exact) mass is 600 g/mol. The molecule has 1 aliphatic heterocycles. The summed E-state index contributed by atoms with van der Waals surface area (Å²) in [5, 5.41) is 8.10. The standard InChI is InChI=1S/C42H24N4O/c1-2-13-25(14-3-1)45-32-21-9-6-17-28(32)36-37-29-18-7-10-22-33(29)46(41(37)27-16-5-4-15-26(27)40(36)45)42-43-31-20-12-24-35-38(31)39(44-42)30-19-8-11-23-34(30)47-35/h1-24H. The summed E-state index contributed by atoms with van der Waals surface area (Å²) in [5.41, 5.74) is 8.41. The Labute approximate surface area is 268 Å². The highest BCUT2D eigenvalue weighted by Gasteiger charge is 2.27. The van der Waals surface area contributed by atoms with E-state index < -0.39 is 0 Å². The number of ether oxygens (including phenoxy) is 1. The van der Waals surface area contributed by atoms with Crippen molar-refractivity contribution >= 4 is 65.3 Å². The molecule has 3 aromatic heterocycles. The van der Waals surface area contributed by atoms with Gasteiger partial charge in [-0.3, -0.25) is 4.57 Å². The Morgan fingerprint density at radius 2 is 1.00 bits per heavy atom. The molecule has 5 nitrogen and oxygen atoms in total. The number of nitrogens with zero attached hydrogens (tertiary/aromatic N) is 4. The fraction of sp³-hybridized carbons (Fsp3) is 0. The van der Waals surface area contributed by atoms with Crippen LogP contribution in [-0.4, -0.2) is 19.1 Å². The molecule has 11 rings (SSSR count). The van der Waals surface area contributed by atoms with Crippen LogP contribution in [0.2, 0.25) is 0 Å². The Kier molecular flexibility index (Phi) is 4.78. The van der Waals surface area contributed by atoms with Crippen molar-refractivity contribution in [3.05, 3.63) is 146 Å². The average Bonchev–Trinajstić information content (AvgIpc) is 3.66. The Morgan fingerprint density at radius 1 is 0.426 bits per heavy atom. The number of hydrogen-bond donors (Lipinski definition) is 0. The molecular weight excluding hydrogens is 576 g/mol. The van der Waals surface area contributed by atoms with Crippen molar-refractivity contribution in [1.82, 2.24) is 19.1 Å². The zero-order valence-corrected chi connectivity index (χ0v) is 25.1. The molecule has 0 bridgehead atoms. The van der Waals surface area contributed by atoms with Crippen LogP contribution in [-0.2, 0) is 0 Å². The van der Waals surface area contributed by atoms with E-state index in [0.29, 0.717) is 5.95 Å². The van der Waals surface area contributed by atoms with Gasteiger partial charge in [-0.15, -0.1) is 0 Å². The van der Waals surface area contributed by atoms with E-state index in [9.17, 15) is 0 Å². The van der Waals surface area contributed by atoms with Crippen molar-refractivity contribution in [2.24, 2.45) is 0 Å². The highest BCUT2D eigenvalue weighted by Crippen LogP contribution is 2.48. The summed E-state index contributed by atoms with van der Waals surface area (Å²) < 4.78 is 11.0. The highest BCUT2D eigenvalue weighted by atomic mass is 16.5. The van der Waals surface area contributed by atoms with Crippen LogP contribution in [0.1, 0.15) is 0 Å². The summed E-state index contributed by atoms with van der Waals surface area (Å²) in [7, 11) is 0. The van der Waals surface area contributed by atoms with Gasteiger partial charge in [0.25, 0.3) is 0 Å². The third-order valence-corrected chi connectivity index (χ3v) is 9.69. The number of para-hydroxylation sites is 4. The summed E-state index contributed by atoms with van der Waals surface area (Å²) in [4.78, 5) is 10.6. The number of rotatable bonds is 2. The molecule has 0 aliphatic carbocycles. The molecule has 0 spiro atoms. The van der Waals surface area contributed by atoms with Gasteiger partial charge in [0.05, 0.1) is 38.7 Å². The average molecular weight is 601 g/mol. The van der Waals surface area contributed by atoms with Gasteiger partial charge < -0.3 is 9.30 Å². The van der Waals surface area contributed by atoms with E-state index in [1.54, 1.807) is 0 Å². The van der Waals surface area contributed by atoms with Crippen molar-refractivity contribution < 1.29 is 4.74 Å². The van der Waals surface area contributed by atoms with Crippen LogP contribution < -0.4 is 4.74 Å². The first-order valence-electron chi connectivity index (χ1n) is 15.9. The molecule has 218 valence electrons. The fourth-order valence-corrected chi connectivity index (χ4v) is 7.83. The molecule has 0 atom stereocenters. The molecule has 0 unspecified atom stereocenters. The lowest BCUT2D eigenvalue weighted by atomic mass is 9.99. The van der Waals surface area contributed by atoms with E-state index in [-0.39, 0.29) is 0 Å². The molecule has 7 aromatic carbocycles. The third-order valence-electron chi connectivity index (χ3n) is 9.69. The van der Waals surface area contributed by atoms with Crippen molar-refractivity contribution in [3.8, 4) is 34.4 Å². The molecule has 0 radical (unpaired) electrons. The van der Waals surface area contributed by atoms with E-state index in [4.69, 9.17) is 14.7 Å². The summed E-state index contributed by atoms with van der Waals surface area (Å²) in [5.74, 6) is 2.23. The quantitative estimate of drug-likeness (QED) is 0.198. The minimum Gasteiger partial charge on any atom is -0.456 e. The summed E-state index contributed by atoms with van der Waals surface area (Å²) in [6, 6.07) is 51.1. The van der Waals surface area contributed by atoms with Crippen LogP contribution in [0.25, 0.3) is 88.2 Å². The smallest absolute Gasteiger partial charge is 0.235 e. The van der Waals surface area contributed by atoms with Gasteiger partial charge in [-0.1, -0.05) is 97.1 Å². The first-order chi connectivity index (χ1) is 23.3. The van der Waals surface area contributed by atoms with Crippen LogP contribution in [0.3, 0.4) is 0 Å². The van der Waals surface area contributed by atoms with E-state index in [1.807, 2.05) is 30.3 Å². The predicted molar refractivity (Wildman–Crippen MR) is 191 cm³/mol. The fourth-order valence-electron chi connectivity index (χ4n) is 7.83. The maximum atomic E-state index is 6.32. The van der Waals surface area contributed by atoms with Gasteiger partial charge in [-0.25, -0.2) is 9.97 Å². The van der Waals surface area contributed by atoms with E-state index in [1.165, 1.54) is 38.0 Å². The molecule has 0 N–H and O–H groups in total. The van der Waals surface area contributed by atoms with Crippen molar-refractivity contribution in [3.63, 3.8) is 0 Å². The molecule has 0 fully saturated rings. The first kappa shape index (κ1) is 24.8. The molecule has 1 aliphatic rings. The van der Waals surface area contributed by atoms with Gasteiger partial charge in [-0.05, 0) is 48.5 Å². The van der Waals surface area contributed by atoms with Crippen LogP contribution in [0.15, 0.2) is 146 Å². The van der Waals surface area contributed by atoms with Crippen molar-refractivity contribution in [2.75, 3.05) is 0 Å². The Balaban J connectivity index is 1.38. The second-order valence-corrected chi connectivity index (χ2v) is 12.2. The number of hydrogen-bond acceptors (Lipinski definition) is 3. The normalized spacial score (nSPS) is 12.4. The summed E-state index contributed by atoms with van der Waals surface area (Å²) >= 11 is 0. The lowest BCUT2D eigenvalue weighted by molar-refractivity contribution is 0.486. The predicted octanol–water partition coefficient (Wildman–Crippen LogP) is 10.7. The molecule has 0 amide bonds. The molecule has 47 heavy (non-hydrogen) atoms. The highest BCUT2D eigenvalue weighted by molar-refractivity contribution is 6.37. The Bertz CT molecular complexity index is 2940. The number of aromatic nitrogens is 4. The second kappa shape index (κ2) is 9.05. The third kappa shape index (κ3) is 3.22. The van der Waals surface area contributed by atoms with Crippen LogP contribution in [0, 0.1) is 0 Å². The molecule has 5 heteroatoms. The molecule has 0 saturated carbocycles. The van der Waals surface area contributed by atoms with Crippen LogP contribution in [0.5, 0.6) is 11.5 Å². The van der Waals surface area contributed by atoms with Gasteiger partial charge in [0.1, 0.15) is 11.5 Å². The topological polar surface area (TPSA) is 44.9 Å². The van der Waals surface area contributed by atoms with Gasteiger partial charge in [0.15, 0.2) is 0 Å². The van der Waals surface area contributed by atoms with Gasteiger partial charge >= 0.3 is 0 Å². The Hall–Kier alpha value is -6.46. The zero-order chi connectivity index (χ0) is 30.6. The van der Waals surface area contributed by atoms with E-state index >= 15 is 0 Å². The Morgan fingerprint density at radius 3 is 1.74 bits per heavy atom. The minimum atomic E-state index is 0.642. The lowest BCUT2D eigenvalue weighted by Crippen LogP contribution is -2.06. The maximum absolute atomic E-state index is 6.32. The van der Waals surface area contributed by atoms with Crippen molar-refractivity contribution in [2.45, 2.75) is 0 Å². The van der Waals surface area contributed by atoms with E-state index in [2.05, 4.69) is 124 Å². The number of benzene rings is 7. The van der Waals surface area contributed by atoms with Gasteiger partial charge in [0.2, 0.25) is 5.95 Å². The largest absolute Gasteiger partial charge is 0.456 e. The van der Waals surface area contributed by atoms with Crippen LogP contribution in [0.4, 0.5) is 0 Å².